The summed E-state index contributed by atoms with van der Waals surface area (Å²) in [7, 11) is -3.15. The Morgan fingerprint density at radius 2 is 1.76 bits per heavy atom. The highest BCUT2D eigenvalue weighted by atomic mass is 32.2. The summed E-state index contributed by atoms with van der Waals surface area (Å²) in [5, 5.41) is 6.76. The molecule has 0 radical (unpaired) electrons. The molecule has 0 unspecified atom stereocenters. The third kappa shape index (κ3) is 5.89. The molecule has 0 aliphatic carbocycles. The lowest BCUT2D eigenvalue weighted by molar-refractivity contribution is -0.0501. The molecule has 0 atom stereocenters. The van der Waals surface area contributed by atoms with Crippen molar-refractivity contribution >= 4 is 42.4 Å². The van der Waals surface area contributed by atoms with Gasteiger partial charge < -0.3 is 13.7 Å². The number of aryl methyl sites for hydroxylation is 1. The largest absolute Gasteiger partial charge is 0.534 e. The lowest BCUT2D eigenvalue weighted by atomic mass is 10.00. The Kier molecular flexibility index (Phi) is 9.03. The number of ether oxygens (including phenoxy) is 2. The van der Waals surface area contributed by atoms with Crippen LogP contribution in [-0.2, 0) is 21.9 Å². The lowest BCUT2D eigenvalue weighted by Crippen LogP contribution is -2.28. The Morgan fingerprint density at radius 3 is 2.45 bits per heavy atom. The van der Waals surface area contributed by atoms with Crippen molar-refractivity contribution in [2.75, 3.05) is 20.3 Å². The first kappa shape index (κ1) is 31.1. The molecule has 0 saturated heterocycles. The molecule has 5 rings (SSSR count). The molecular weight excluding hydrogens is 605 g/mol. The van der Waals surface area contributed by atoms with Gasteiger partial charge in [-0.1, -0.05) is 19.9 Å². The summed E-state index contributed by atoms with van der Waals surface area (Å²) in [6.07, 6.45) is 1.57. The van der Waals surface area contributed by atoms with Crippen molar-refractivity contribution in [3.8, 4) is 34.0 Å². The zero-order valence-electron chi connectivity index (χ0n) is 22.6. The first-order valence-corrected chi connectivity index (χ1v) is 14.7. The van der Waals surface area contributed by atoms with Gasteiger partial charge in [0.2, 0.25) is 5.88 Å². The van der Waals surface area contributed by atoms with E-state index in [0.29, 0.717) is 22.4 Å². The van der Waals surface area contributed by atoms with Crippen LogP contribution in [0.25, 0.3) is 43.4 Å². The van der Waals surface area contributed by atoms with E-state index in [1.165, 1.54) is 7.11 Å². The second-order valence-corrected chi connectivity index (χ2v) is 10.9. The van der Waals surface area contributed by atoms with Gasteiger partial charge in [0.1, 0.15) is 24.0 Å². The lowest BCUT2D eigenvalue weighted by Gasteiger charge is -2.18. The predicted octanol–water partition coefficient (Wildman–Crippen LogP) is 7.08. The molecule has 0 fully saturated rings. The van der Waals surface area contributed by atoms with Crippen molar-refractivity contribution in [2.45, 2.75) is 19.4 Å². The highest BCUT2D eigenvalue weighted by Gasteiger charge is 2.49. The molecule has 0 amide bonds. The number of pyridine rings is 1. The fourth-order valence-corrected chi connectivity index (χ4v) is 5.47. The van der Waals surface area contributed by atoms with Crippen LogP contribution in [0.2, 0.25) is 0 Å². The van der Waals surface area contributed by atoms with E-state index in [4.69, 9.17) is 9.47 Å². The number of thiophene rings is 1. The van der Waals surface area contributed by atoms with Gasteiger partial charge in [-0.05, 0) is 23.6 Å². The third-order valence-corrected chi connectivity index (χ3v) is 7.76. The molecule has 2 aromatic carbocycles. The minimum Gasteiger partial charge on any atom is -0.490 e. The summed E-state index contributed by atoms with van der Waals surface area (Å²) in [6.45, 7) is 3.85. The van der Waals surface area contributed by atoms with Crippen LogP contribution in [0.1, 0.15) is 13.8 Å². The highest BCUT2D eigenvalue weighted by Crippen LogP contribution is 2.48. The van der Waals surface area contributed by atoms with E-state index >= 15 is 4.39 Å². The van der Waals surface area contributed by atoms with E-state index in [9.17, 15) is 26.0 Å². The molecule has 3 heterocycles. The molecule has 224 valence electrons. The van der Waals surface area contributed by atoms with Crippen LogP contribution in [0, 0.1) is 11.6 Å². The molecule has 5 aromatic rings. The van der Waals surface area contributed by atoms with Crippen molar-refractivity contribution in [1.29, 1.82) is 0 Å². The first-order chi connectivity index (χ1) is 19.9. The molecule has 0 aliphatic rings. The number of rotatable bonds is 8. The number of methoxy groups -OCH3 is 1. The zero-order chi connectivity index (χ0) is 30.8. The molecule has 0 aliphatic heterocycles. The number of benzene rings is 2. The van der Waals surface area contributed by atoms with Crippen molar-refractivity contribution in [3.05, 3.63) is 59.6 Å². The van der Waals surface area contributed by atoms with Gasteiger partial charge in [0, 0.05) is 47.3 Å². The second kappa shape index (κ2) is 12.2. The third-order valence-electron chi connectivity index (χ3n) is 5.88. The van der Waals surface area contributed by atoms with Gasteiger partial charge in [0.15, 0.2) is 0 Å². The zero-order valence-corrected chi connectivity index (χ0v) is 24.3. The molecule has 8 nitrogen and oxygen atoms in total. The number of halogens is 5. The minimum atomic E-state index is -6.25. The fourth-order valence-electron chi connectivity index (χ4n) is 4.11. The average Bonchev–Trinajstić information content (AvgIpc) is 3.56. The number of hydrogen-bond donors (Lipinski definition) is 0. The Morgan fingerprint density at radius 1 is 1.02 bits per heavy atom. The number of hydrogen-bond acceptors (Lipinski definition) is 8. The van der Waals surface area contributed by atoms with Crippen molar-refractivity contribution in [1.82, 2.24) is 14.8 Å². The minimum absolute atomic E-state index is 0.0196. The van der Waals surface area contributed by atoms with Crippen molar-refractivity contribution in [2.24, 2.45) is 7.05 Å². The second-order valence-electron chi connectivity index (χ2n) is 8.43. The van der Waals surface area contributed by atoms with Crippen LogP contribution in [0.5, 0.6) is 11.6 Å². The van der Waals surface area contributed by atoms with Gasteiger partial charge in [0.05, 0.1) is 35.1 Å². The molecule has 3 aromatic heterocycles. The Balaban J connectivity index is 0.00000198. The summed E-state index contributed by atoms with van der Waals surface area (Å²) in [4.78, 5) is 4.17. The normalized spacial score (nSPS) is 11.9. The van der Waals surface area contributed by atoms with E-state index in [-0.39, 0.29) is 23.6 Å². The fraction of sp³-hybridized carbons (Fsp3) is 0.259. The summed E-state index contributed by atoms with van der Waals surface area (Å²) in [6, 6.07) is 7.91. The molecule has 15 heteroatoms. The Bertz CT molecular complexity index is 1850. The van der Waals surface area contributed by atoms with Gasteiger partial charge in [-0.3, -0.25) is 4.68 Å². The van der Waals surface area contributed by atoms with Crippen LogP contribution in [0.3, 0.4) is 0 Å². The molecule has 0 saturated carbocycles. The maximum atomic E-state index is 15.4. The molecule has 0 spiro atoms. The topological polar surface area (TPSA) is 92.5 Å². The maximum Gasteiger partial charge on any atom is 0.534 e. The van der Waals surface area contributed by atoms with Gasteiger partial charge in [-0.2, -0.15) is 26.7 Å². The van der Waals surface area contributed by atoms with Crippen LogP contribution in [0.4, 0.5) is 22.0 Å². The first-order valence-electron chi connectivity index (χ1n) is 12.4. The summed E-state index contributed by atoms with van der Waals surface area (Å²) in [5.74, 6) is -3.74. The van der Waals surface area contributed by atoms with E-state index in [1.54, 1.807) is 47.6 Å². The number of alkyl halides is 3. The SMILES string of the molecule is CC.COCCOc1cc(F)cc(F)c1-c1c(OS(=O)(=O)C(F)(F)F)nc(-c2ccc3c(cnn3C)c2)c2ccsc12. The standard InChI is InChI=1S/C25H18F5N3O5S2.C2H6/c1-33-18-4-3-13(9-14(18)12-31-33)22-16-5-8-39-23(16)21(24(32-22)38-40(34,35)25(28,29)30)20-17(27)10-15(26)11-19(20)37-7-6-36-2;1-2/h3-5,8-12H,6-7H2,1-2H3;1-2H3. The number of nitrogens with zero attached hydrogens (tertiary/aromatic N) is 3. The van der Waals surface area contributed by atoms with E-state index in [1.807, 2.05) is 13.8 Å². The maximum absolute atomic E-state index is 15.4. The van der Waals surface area contributed by atoms with Gasteiger partial charge in [-0.25, -0.2) is 13.8 Å². The van der Waals surface area contributed by atoms with E-state index < -0.39 is 50.0 Å². The van der Waals surface area contributed by atoms with Gasteiger partial charge in [0.25, 0.3) is 0 Å². The van der Waals surface area contributed by atoms with Crippen LogP contribution in [-0.4, -0.2) is 49.0 Å². The van der Waals surface area contributed by atoms with Crippen LogP contribution in [0.15, 0.2) is 48.0 Å². The smallest absolute Gasteiger partial charge is 0.490 e. The molecule has 0 N–H and O–H groups in total. The monoisotopic (exact) mass is 629 g/mol. The Hall–Kier alpha value is -3.82. The van der Waals surface area contributed by atoms with E-state index in [2.05, 4.69) is 14.3 Å². The molecule has 0 bridgehead atoms. The quantitative estimate of drug-likeness (QED) is 0.0784. The number of aromatic nitrogens is 3. The van der Waals surface area contributed by atoms with Crippen molar-refractivity contribution < 1.29 is 44.0 Å². The van der Waals surface area contributed by atoms with Crippen LogP contribution < -0.4 is 8.92 Å². The Labute approximate surface area is 241 Å². The average molecular weight is 630 g/mol. The van der Waals surface area contributed by atoms with E-state index in [0.717, 1.165) is 22.9 Å². The van der Waals surface area contributed by atoms with Gasteiger partial charge >= 0.3 is 15.6 Å². The summed E-state index contributed by atoms with van der Waals surface area (Å²) >= 11 is 0.970. The van der Waals surface area contributed by atoms with Crippen LogP contribution >= 0.6 is 11.3 Å². The van der Waals surface area contributed by atoms with Gasteiger partial charge in [-0.15, -0.1) is 11.3 Å². The molecular formula is C27H24F5N3O5S2. The predicted molar refractivity (Wildman–Crippen MR) is 149 cm³/mol. The summed E-state index contributed by atoms with van der Waals surface area (Å²) in [5.41, 5.74) is -5.56. The summed E-state index contributed by atoms with van der Waals surface area (Å²) < 4.78 is 111. The number of fused-ring (bicyclic) bond motifs is 2. The highest BCUT2D eigenvalue weighted by molar-refractivity contribution is 7.88. The molecule has 42 heavy (non-hydrogen) atoms. The van der Waals surface area contributed by atoms with Crippen molar-refractivity contribution in [3.63, 3.8) is 0 Å².